The van der Waals surface area contributed by atoms with Crippen molar-refractivity contribution in [2.45, 2.75) is 50.3 Å². The molecule has 0 fully saturated rings. The maximum atomic E-state index is 16.3. The lowest BCUT2D eigenvalue weighted by Crippen LogP contribution is -2.45. The van der Waals surface area contributed by atoms with E-state index in [1.54, 1.807) is 24.3 Å². The molecule has 0 aliphatic heterocycles. The number of hydrogen-bond donors (Lipinski definition) is 0. The number of alkyl halides is 7. The van der Waals surface area contributed by atoms with E-state index in [1.165, 1.54) is 12.2 Å². The lowest BCUT2D eigenvalue weighted by atomic mass is 9.78. The number of rotatable bonds is 7. The van der Waals surface area contributed by atoms with Gasteiger partial charge in [-0.1, -0.05) is 68.0 Å². The van der Waals surface area contributed by atoms with Crippen molar-refractivity contribution in [1.82, 2.24) is 0 Å². The van der Waals surface area contributed by atoms with E-state index in [-0.39, 0.29) is 12.0 Å². The number of hydrogen-bond acceptors (Lipinski definition) is 1. The topological polar surface area (TPSA) is 9.23 Å². The molecule has 2 unspecified atom stereocenters. The lowest BCUT2D eigenvalue weighted by Gasteiger charge is -2.31. The fourth-order valence-electron chi connectivity index (χ4n) is 3.68. The number of halogens is 8. The number of allylic oxidation sites excluding steroid dienone is 4. The first-order valence-corrected chi connectivity index (χ1v) is 10.1. The van der Waals surface area contributed by atoms with Crippen LogP contribution in [0.3, 0.4) is 0 Å². The molecule has 0 bridgehead atoms. The SMILES string of the molecule is CCCc1cccc(C2=CC=CCC2(F)c2cccc(OC(F)(F)C(F)C(F)(F)F)c2F)c1. The van der Waals surface area contributed by atoms with Crippen LogP contribution in [0.1, 0.15) is 36.5 Å². The van der Waals surface area contributed by atoms with Gasteiger partial charge in [0, 0.05) is 17.6 Å². The monoisotopic (exact) mass is 476 g/mol. The predicted octanol–water partition coefficient (Wildman–Crippen LogP) is 7.86. The van der Waals surface area contributed by atoms with E-state index in [2.05, 4.69) is 4.74 Å². The Bertz CT molecular complexity index is 1060. The molecule has 0 saturated heterocycles. The molecule has 178 valence electrons. The maximum Gasteiger partial charge on any atom is 0.439 e. The molecule has 9 heteroatoms. The van der Waals surface area contributed by atoms with Crippen LogP contribution in [0.25, 0.3) is 5.57 Å². The Balaban J connectivity index is 2.03. The average Bonchev–Trinajstić information content (AvgIpc) is 2.74. The first kappa shape index (κ1) is 24.8. The normalized spacial score (nSPS) is 19.8. The molecule has 0 heterocycles. The molecule has 0 aromatic heterocycles. The van der Waals surface area contributed by atoms with Crippen LogP contribution in [-0.4, -0.2) is 18.5 Å². The van der Waals surface area contributed by atoms with Crippen molar-refractivity contribution in [2.24, 2.45) is 0 Å². The Hall–Kier alpha value is -2.84. The molecule has 2 aromatic carbocycles. The molecule has 33 heavy (non-hydrogen) atoms. The van der Waals surface area contributed by atoms with Crippen LogP contribution in [0.15, 0.2) is 60.7 Å². The minimum atomic E-state index is -5.94. The standard InChI is InChI=1S/C24H20F8O/c1-2-7-15-8-5-9-16(14-15)17-10-3-4-13-22(17,27)18-11-6-12-19(20(18)25)33-24(31,32)21(26)23(28,29)30/h3-6,8-12,14,21H,2,7,13H2,1H3. The number of benzene rings is 2. The van der Waals surface area contributed by atoms with Crippen LogP contribution in [0.5, 0.6) is 5.75 Å². The second-order valence-electron chi connectivity index (χ2n) is 7.65. The highest BCUT2D eigenvalue weighted by Crippen LogP contribution is 2.48. The Morgan fingerprint density at radius 3 is 2.42 bits per heavy atom. The third kappa shape index (κ3) is 5.07. The van der Waals surface area contributed by atoms with Gasteiger partial charge in [-0.15, -0.1) is 0 Å². The zero-order valence-electron chi connectivity index (χ0n) is 17.4. The summed E-state index contributed by atoms with van der Waals surface area (Å²) in [5.74, 6) is -3.03. The summed E-state index contributed by atoms with van der Waals surface area (Å²) in [6, 6.07) is 9.42. The summed E-state index contributed by atoms with van der Waals surface area (Å²) in [6.45, 7) is 1.96. The molecule has 2 aromatic rings. The van der Waals surface area contributed by atoms with Crippen molar-refractivity contribution in [2.75, 3.05) is 0 Å². The van der Waals surface area contributed by atoms with E-state index < -0.39 is 41.3 Å². The molecule has 2 atom stereocenters. The van der Waals surface area contributed by atoms with Gasteiger partial charge in [0.1, 0.15) is 0 Å². The summed E-state index contributed by atoms with van der Waals surface area (Å²) in [5, 5.41) is 0. The minimum absolute atomic E-state index is 0.0458. The van der Waals surface area contributed by atoms with Crippen LogP contribution < -0.4 is 4.74 Å². The van der Waals surface area contributed by atoms with Gasteiger partial charge in [-0.05, 0) is 23.6 Å². The van der Waals surface area contributed by atoms with E-state index in [0.29, 0.717) is 18.1 Å². The second-order valence-corrected chi connectivity index (χ2v) is 7.65. The van der Waals surface area contributed by atoms with Gasteiger partial charge in [0.2, 0.25) is 0 Å². The van der Waals surface area contributed by atoms with E-state index in [4.69, 9.17) is 0 Å². The van der Waals surface area contributed by atoms with E-state index in [1.807, 2.05) is 13.0 Å². The van der Waals surface area contributed by atoms with Crippen molar-refractivity contribution in [3.63, 3.8) is 0 Å². The molecular weight excluding hydrogens is 456 g/mol. The molecule has 0 spiro atoms. The zero-order chi connectivity index (χ0) is 24.4. The largest absolute Gasteiger partial charge is 0.439 e. The van der Waals surface area contributed by atoms with E-state index >= 15 is 8.78 Å². The van der Waals surface area contributed by atoms with Gasteiger partial charge >= 0.3 is 12.3 Å². The second kappa shape index (κ2) is 9.19. The number of aryl methyl sites for hydroxylation is 1. The zero-order valence-corrected chi connectivity index (χ0v) is 17.4. The van der Waals surface area contributed by atoms with Crippen LogP contribution >= 0.6 is 0 Å². The van der Waals surface area contributed by atoms with Crippen LogP contribution in [0.4, 0.5) is 35.1 Å². The summed E-state index contributed by atoms with van der Waals surface area (Å²) >= 11 is 0. The van der Waals surface area contributed by atoms with E-state index in [9.17, 15) is 26.3 Å². The minimum Gasteiger partial charge on any atom is -0.427 e. The highest BCUT2D eigenvalue weighted by molar-refractivity contribution is 5.77. The van der Waals surface area contributed by atoms with Crippen LogP contribution in [0.2, 0.25) is 0 Å². The first-order valence-electron chi connectivity index (χ1n) is 10.1. The molecule has 0 saturated carbocycles. The Morgan fingerprint density at radius 1 is 1.06 bits per heavy atom. The molecule has 1 aliphatic rings. The predicted molar refractivity (Wildman–Crippen MR) is 108 cm³/mol. The lowest BCUT2D eigenvalue weighted by molar-refractivity contribution is -0.305. The molecule has 0 N–H and O–H groups in total. The van der Waals surface area contributed by atoms with Crippen molar-refractivity contribution in [3.8, 4) is 5.75 Å². The molecule has 0 radical (unpaired) electrons. The van der Waals surface area contributed by atoms with Gasteiger partial charge in [0.25, 0.3) is 6.17 Å². The third-order valence-electron chi connectivity index (χ3n) is 5.22. The van der Waals surface area contributed by atoms with Gasteiger partial charge in [0.15, 0.2) is 17.2 Å². The summed E-state index contributed by atoms with van der Waals surface area (Å²) in [6.07, 6.45) is -10.5. The summed E-state index contributed by atoms with van der Waals surface area (Å²) in [4.78, 5) is 0. The highest BCUT2D eigenvalue weighted by atomic mass is 19.4. The molecule has 1 nitrogen and oxygen atoms in total. The maximum absolute atomic E-state index is 16.3. The molecule has 3 rings (SSSR count). The van der Waals surface area contributed by atoms with Crippen molar-refractivity contribution in [1.29, 1.82) is 0 Å². The Kier molecular flexibility index (Phi) is 6.91. The number of ether oxygens (including phenoxy) is 1. The quantitative estimate of drug-likeness (QED) is 0.370. The van der Waals surface area contributed by atoms with Gasteiger partial charge in [-0.3, -0.25) is 0 Å². The van der Waals surface area contributed by atoms with Gasteiger partial charge in [-0.2, -0.15) is 22.0 Å². The van der Waals surface area contributed by atoms with Crippen LogP contribution in [0, 0.1) is 5.82 Å². The van der Waals surface area contributed by atoms with E-state index in [0.717, 1.165) is 24.1 Å². The van der Waals surface area contributed by atoms with Gasteiger partial charge in [-0.25, -0.2) is 13.2 Å². The molecule has 1 aliphatic carbocycles. The average molecular weight is 476 g/mol. The molecule has 0 amide bonds. The first-order chi connectivity index (χ1) is 15.4. The van der Waals surface area contributed by atoms with Gasteiger partial charge < -0.3 is 4.74 Å². The van der Waals surface area contributed by atoms with Crippen molar-refractivity contribution < 1.29 is 39.9 Å². The third-order valence-corrected chi connectivity index (χ3v) is 5.22. The molecular formula is C24H20F8O. The summed E-state index contributed by atoms with van der Waals surface area (Å²) < 4.78 is 113. The van der Waals surface area contributed by atoms with Crippen molar-refractivity contribution in [3.05, 3.63) is 83.2 Å². The fraction of sp³-hybridized carbons (Fsp3) is 0.333. The Morgan fingerprint density at radius 2 is 1.76 bits per heavy atom. The summed E-state index contributed by atoms with van der Waals surface area (Å²) in [5.41, 5.74) is -1.85. The fourth-order valence-corrected chi connectivity index (χ4v) is 3.68. The van der Waals surface area contributed by atoms with Gasteiger partial charge in [0.05, 0.1) is 0 Å². The highest BCUT2D eigenvalue weighted by Gasteiger charge is 2.59. The summed E-state index contributed by atoms with van der Waals surface area (Å²) in [7, 11) is 0. The Labute approximate surface area is 185 Å². The smallest absolute Gasteiger partial charge is 0.427 e. The van der Waals surface area contributed by atoms with Crippen molar-refractivity contribution >= 4 is 5.57 Å². The van der Waals surface area contributed by atoms with Crippen LogP contribution in [-0.2, 0) is 12.1 Å².